The Hall–Kier alpha value is -3.52. The zero-order valence-electron chi connectivity index (χ0n) is 19.6. The van der Waals surface area contributed by atoms with Gasteiger partial charge in [0.25, 0.3) is 0 Å². The number of hydrogen-bond acceptors (Lipinski definition) is 6. The van der Waals surface area contributed by atoms with Crippen molar-refractivity contribution in [1.82, 2.24) is 14.7 Å². The second-order valence-corrected chi connectivity index (χ2v) is 8.42. The van der Waals surface area contributed by atoms with Crippen LogP contribution in [-0.4, -0.2) is 53.4 Å². The first-order valence-corrected chi connectivity index (χ1v) is 11.3. The van der Waals surface area contributed by atoms with E-state index in [0.29, 0.717) is 29.4 Å². The molecule has 34 heavy (non-hydrogen) atoms. The van der Waals surface area contributed by atoms with Crippen molar-refractivity contribution in [2.24, 2.45) is 0 Å². The first-order valence-electron chi connectivity index (χ1n) is 11.3. The van der Waals surface area contributed by atoms with Crippen LogP contribution in [0.15, 0.2) is 48.5 Å². The summed E-state index contributed by atoms with van der Waals surface area (Å²) >= 11 is 0. The molecule has 0 amide bonds. The number of esters is 2. The SMILES string of the molecule is COC(=O)c1c(-c2ccc(CN3CCCCC3C)c(F)c2)nn(-c2ccccc2)c1C(=O)OC. The third kappa shape index (κ3) is 4.59. The molecule has 0 bridgehead atoms. The number of halogens is 1. The van der Waals surface area contributed by atoms with Crippen LogP contribution in [-0.2, 0) is 16.0 Å². The first kappa shape index (κ1) is 23.6. The van der Waals surface area contributed by atoms with Gasteiger partial charge in [0.1, 0.15) is 17.1 Å². The van der Waals surface area contributed by atoms with Gasteiger partial charge >= 0.3 is 11.9 Å². The summed E-state index contributed by atoms with van der Waals surface area (Å²) in [5.41, 5.74) is 1.49. The van der Waals surface area contributed by atoms with Gasteiger partial charge in [-0.05, 0) is 44.5 Å². The van der Waals surface area contributed by atoms with Gasteiger partial charge < -0.3 is 9.47 Å². The Bertz CT molecular complexity index is 1190. The van der Waals surface area contributed by atoms with Crippen LogP contribution in [0.2, 0.25) is 0 Å². The van der Waals surface area contributed by atoms with Crippen molar-refractivity contribution in [2.75, 3.05) is 20.8 Å². The third-order valence-corrected chi connectivity index (χ3v) is 6.29. The summed E-state index contributed by atoms with van der Waals surface area (Å²) in [4.78, 5) is 27.7. The highest BCUT2D eigenvalue weighted by molar-refractivity contribution is 6.06. The fraction of sp³-hybridized carbons (Fsp3) is 0.346. The minimum Gasteiger partial charge on any atom is -0.465 e. The van der Waals surface area contributed by atoms with Crippen LogP contribution in [0.1, 0.15) is 52.6 Å². The topological polar surface area (TPSA) is 73.7 Å². The number of nitrogens with zero attached hydrogens (tertiary/aromatic N) is 3. The van der Waals surface area contributed by atoms with Crippen molar-refractivity contribution in [3.63, 3.8) is 0 Å². The van der Waals surface area contributed by atoms with Gasteiger partial charge in [0.2, 0.25) is 0 Å². The number of rotatable bonds is 6. The molecule has 0 spiro atoms. The molecular weight excluding hydrogens is 437 g/mol. The molecule has 0 N–H and O–H groups in total. The van der Waals surface area contributed by atoms with Crippen molar-refractivity contribution in [3.05, 3.63) is 71.2 Å². The Labute approximate surface area is 198 Å². The molecular formula is C26H28FN3O4. The molecule has 1 aromatic heterocycles. The second kappa shape index (κ2) is 10.2. The van der Waals surface area contributed by atoms with Crippen molar-refractivity contribution in [2.45, 2.75) is 38.8 Å². The number of benzene rings is 2. The predicted molar refractivity (Wildman–Crippen MR) is 125 cm³/mol. The summed E-state index contributed by atoms with van der Waals surface area (Å²) in [6.45, 7) is 3.63. The van der Waals surface area contributed by atoms with E-state index < -0.39 is 11.9 Å². The molecule has 1 unspecified atom stereocenters. The molecule has 4 rings (SSSR count). The summed E-state index contributed by atoms with van der Waals surface area (Å²) in [5, 5.41) is 4.53. The van der Waals surface area contributed by atoms with Crippen LogP contribution in [0.25, 0.3) is 16.9 Å². The lowest BCUT2D eigenvalue weighted by Crippen LogP contribution is -2.36. The van der Waals surface area contributed by atoms with Crippen LogP contribution < -0.4 is 0 Å². The van der Waals surface area contributed by atoms with Crippen molar-refractivity contribution in [1.29, 1.82) is 0 Å². The van der Waals surface area contributed by atoms with Gasteiger partial charge in [-0.15, -0.1) is 0 Å². The molecule has 1 saturated heterocycles. The number of ether oxygens (including phenoxy) is 2. The van der Waals surface area contributed by atoms with Crippen molar-refractivity contribution in [3.8, 4) is 16.9 Å². The highest BCUT2D eigenvalue weighted by Gasteiger charge is 2.31. The molecule has 8 heteroatoms. The molecule has 0 radical (unpaired) electrons. The number of carbonyl (C=O) groups is 2. The maximum Gasteiger partial charge on any atom is 0.357 e. The number of carbonyl (C=O) groups excluding carboxylic acids is 2. The van der Waals surface area contributed by atoms with E-state index >= 15 is 4.39 Å². The first-order chi connectivity index (χ1) is 16.4. The molecule has 2 heterocycles. The van der Waals surface area contributed by atoms with Gasteiger partial charge in [-0.25, -0.2) is 18.7 Å². The van der Waals surface area contributed by atoms with E-state index in [1.54, 1.807) is 36.4 Å². The summed E-state index contributed by atoms with van der Waals surface area (Å²) in [7, 11) is 2.44. The zero-order valence-corrected chi connectivity index (χ0v) is 19.6. The lowest BCUT2D eigenvalue weighted by Gasteiger charge is -2.33. The standard InChI is InChI=1S/C26H28FN3O4/c1-17-9-7-8-14-29(17)16-19-13-12-18(15-21(19)27)23-22(25(31)33-2)24(26(32)34-3)30(28-23)20-10-5-4-6-11-20/h4-6,10-13,15,17H,7-9,14,16H2,1-3H3. The van der Waals surface area contributed by atoms with Crippen molar-refractivity contribution >= 4 is 11.9 Å². The van der Waals surface area contributed by atoms with E-state index in [2.05, 4.69) is 16.9 Å². The Morgan fingerprint density at radius 2 is 1.79 bits per heavy atom. The average Bonchev–Trinajstić information content (AvgIpc) is 3.27. The van der Waals surface area contributed by atoms with E-state index in [-0.39, 0.29) is 22.8 Å². The van der Waals surface area contributed by atoms with E-state index in [1.807, 2.05) is 6.07 Å². The van der Waals surface area contributed by atoms with Crippen LogP contribution in [0, 0.1) is 5.82 Å². The largest absolute Gasteiger partial charge is 0.465 e. The molecule has 3 aromatic rings. The van der Waals surface area contributed by atoms with Crippen LogP contribution in [0.4, 0.5) is 4.39 Å². The smallest absolute Gasteiger partial charge is 0.357 e. The Morgan fingerprint density at radius 3 is 2.44 bits per heavy atom. The highest BCUT2D eigenvalue weighted by Crippen LogP contribution is 2.31. The molecule has 1 aliphatic rings. The molecule has 178 valence electrons. The van der Waals surface area contributed by atoms with Gasteiger partial charge in [0.05, 0.1) is 19.9 Å². The number of hydrogen-bond donors (Lipinski definition) is 0. The van der Waals surface area contributed by atoms with Gasteiger partial charge in [-0.3, -0.25) is 4.90 Å². The lowest BCUT2D eigenvalue weighted by molar-refractivity contribution is 0.0549. The fourth-order valence-electron chi connectivity index (χ4n) is 4.39. The van der Waals surface area contributed by atoms with Crippen molar-refractivity contribution < 1.29 is 23.5 Å². The number of methoxy groups -OCH3 is 2. The second-order valence-electron chi connectivity index (χ2n) is 8.42. The summed E-state index contributed by atoms with van der Waals surface area (Å²) < 4.78 is 26.4. The predicted octanol–water partition coefficient (Wildman–Crippen LogP) is 4.63. The minimum absolute atomic E-state index is 0.0741. The molecule has 1 fully saturated rings. The normalized spacial score (nSPS) is 16.3. The zero-order chi connectivity index (χ0) is 24.2. The Morgan fingerprint density at radius 1 is 1.06 bits per heavy atom. The highest BCUT2D eigenvalue weighted by atomic mass is 19.1. The van der Waals surface area contributed by atoms with E-state index in [9.17, 15) is 9.59 Å². The van der Waals surface area contributed by atoms with Crippen LogP contribution in [0.3, 0.4) is 0 Å². The van der Waals surface area contributed by atoms with E-state index in [1.165, 1.54) is 31.4 Å². The molecule has 0 aliphatic carbocycles. The quantitative estimate of drug-likeness (QED) is 0.495. The molecule has 0 saturated carbocycles. The lowest BCUT2D eigenvalue weighted by atomic mass is 10.0. The number of para-hydroxylation sites is 1. The average molecular weight is 466 g/mol. The van der Waals surface area contributed by atoms with E-state index in [4.69, 9.17) is 9.47 Å². The summed E-state index contributed by atoms with van der Waals surface area (Å²) in [6.07, 6.45) is 3.41. The minimum atomic E-state index is -0.760. The van der Waals surface area contributed by atoms with Gasteiger partial charge in [0.15, 0.2) is 5.69 Å². The van der Waals surface area contributed by atoms with Gasteiger partial charge in [-0.1, -0.05) is 36.8 Å². The Balaban J connectivity index is 1.80. The maximum atomic E-state index is 15.2. The molecule has 1 atom stereocenters. The van der Waals surface area contributed by atoms with Gasteiger partial charge in [0, 0.05) is 23.7 Å². The third-order valence-electron chi connectivity index (χ3n) is 6.29. The Kier molecular flexibility index (Phi) is 7.07. The van der Waals surface area contributed by atoms with E-state index in [0.717, 1.165) is 19.4 Å². The summed E-state index contributed by atoms with van der Waals surface area (Å²) in [5.74, 6) is -1.90. The number of piperidine rings is 1. The molecule has 7 nitrogen and oxygen atoms in total. The molecule has 2 aromatic carbocycles. The molecule has 1 aliphatic heterocycles. The number of aromatic nitrogens is 2. The maximum absolute atomic E-state index is 15.2. The van der Waals surface area contributed by atoms with Crippen LogP contribution >= 0.6 is 0 Å². The summed E-state index contributed by atoms with van der Waals surface area (Å²) in [6, 6.07) is 14.1. The fourth-order valence-corrected chi connectivity index (χ4v) is 4.39. The van der Waals surface area contributed by atoms with Gasteiger partial charge in [-0.2, -0.15) is 5.10 Å². The van der Waals surface area contributed by atoms with Crippen LogP contribution in [0.5, 0.6) is 0 Å². The monoisotopic (exact) mass is 465 g/mol. The number of likely N-dealkylation sites (tertiary alicyclic amines) is 1.